The van der Waals surface area contributed by atoms with Crippen LogP contribution < -0.4 is 14.2 Å². The Labute approximate surface area is 236 Å². The molecule has 2 aromatic carbocycles. The van der Waals surface area contributed by atoms with E-state index in [2.05, 4.69) is 25.3 Å². The first-order chi connectivity index (χ1) is 19.3. The highest BCUT2D eigenvalue weighted by atomic mass is 16.5. The highest BCUT2D eigenvalue weighted by Gasteiger charge is 2.46. The molecule has 2 atom stereocenters. The minimum Gasteiger partial charge on any atom is -0.507 e. The van der Waals surface area contributed by atoms with Crippen LogP contribution >= 0.6 is 0 Å². The summed E-state index contributed by atoms with van der Waals surface area (Å²) in [6, 6.07) is 10.00. The number of hydrogen-bond acceptors (Lipinski definition) is 7. The van der Waals surface area contributed by atoms with Gasteiger partial charge in [0.15, 0.2) is 11.5 Å². The Morgan fingerprint density at radius 3 is 2.60 bits per heavy atom. The molecular weight excluding hydrogens is 508 g/mol. The van der Waals surface area contributed by atoms with Crippen LogP contribution in [-0.2, 0) is 16.0 Å². The first-order valence-electron chi connectivity index (χ1n) is 14.1. The van der Waals surface area contributed by atoms with E-state index < -0.39 is 17.7 Å². The standard InChI is InChI=1S/C32H40N2O6/c1-6-17-39-26-14-11-22(20-27(26)38-9-4)29-28(30(35)23-12-13-25-24(19-23)18-21(5)40-25)31(36)32(37)34(29)16-10-15-33(7-2)8-3/h6,11-14,19-21,29,35H,1,7-10,15-18H2,2-5H3/t21-,29+/m0/s1. The van der Waals surface area contributed by atoms with Gasteiger partial charge >= 0.3 is 0 Å². The molecule has 8 nitrogen and oxygen atoms in total. The fourth-order valence-corrected chi connectivity index (χ4v) is 5.42. The lowest BCUT2D eigenvalue weighted by Gasteiger charge is -2.27. The summed E-state index contributed by atoms with van der Waals surface area (Å²) in [6.45, 7) is 15.5. The third-order valence-electron chi connectivity index (χ3n) is 7.42. The fourth-order valence-electron chi connectivity index (χ4n) is 5.42. The van der Waals surface area contributed by atoms with Crippen LogP contribution in [0.25, 0.3) is 5.76 Å². The Balaban J connectivity index is 1.78. The predicted molar refractivity (Wildman–Crippen MR) is 155 cm³/mol. The number of fused-ring (bicyclic) bond motifs is 1. The monoisotopic (exact) mass is 548 g/mol. The van der Waals surface area contributed by atoms with Gasteiger partial charge in [0.2, 0.25) is 0 Å². The van der Waals surface area contributed by atoms with Gasteiger partial charge < -0.3 is 29.1 Å². The molecule has 1 fully saturated rings. The Bertz CT molecular complexity index is 1280. The number of carbonyl (C=O) groups excluding carboxylic acids is 2. The minimum atomic E-state index is -0.771. The van der Waals surface area contributed by atoms with Gasteiger partial charge in [-0.3, -0.25) is 9.59 Å². The van der Waals surface area contributed by atoms with E-state index in [9.17, 15) is 14.7 Å². The van der Waals surface area contributed by atoms with E-state index in [0.717, 1.165) is 30.9 Å². The number of Topliss-reactive ketones (excluding diaryl/α,β-unsaturated/α-hetero) is 1. The summed E-state index contributed by atoms with van der Waals surface area (Å²) in [6.07, 6.45) is 3.10. The van der Waals surface area contributed by atoms with Crippen molar-refractivity contribution in [1.82, 2.24) is 9.80 Å². The van der Waals surface area contributed by atoms with Crippen molar-refractivity contribution < 1.29 is 28.9 Å². The zero-order valence-corrected chi connectivity index (χ0v) is 23.9. The summed E-state index contributed by atoms with van der Waals surface area (Å²) in [7, 11) is 0. The van der Waals surface area contributed by atoms with E-state index in [4.69, 9.17) is 14.2 Å². The molecule has 4 rings (SSSR count). The van der Waals surface area contributed by atoms with E-state index >= 15 is 0 Å². The van der Waals surface area contributed by atoms with Crippen molar-refractivity contribution in [1.29, 1.82) is 0 Å². The molecular formula is C32H40N2O6. The number of hydrogen-bond donors (Lipinski definition) is 1. The Morgan fingerprint density at radius 1 is 1.12 bits per heavy atom. The van der Waals surface area contributed by atoms with Crippen molar-refractivity contribution in [2.24, 2.45) is 0 Å². The van der Waals surface area contributed by atoms with Crippen molar-refractivity contribution in [2.75, 3.05) is 39.4 Å². The van der Waals surface area contributed by atoms with Gasteiger partial charge in [-0.2, -0.15) is 0 Å². The molecule has 1 N–H and O–H groups in total. The number of amides is 1. The van der Waals surface area contributed by atoms with Crippen LogP contribution in [0, 0.1) is 0 Å². The number of aliphatic hydroxyl groups excluding tert-OH is 1. The van der Waals surface area contributed by atoms with Gasteiger partial charge in [0, 0.05) is 18.5 Å². The molecule has 0 saturated carbocycles. The number of nitrogens with zero attached hydrogens (tertiary/aromatic N) is 2. The summed E-state index contributed by atoms with van der Waals surface area (Å²) in [5.74, 6) is 0.307. The van der Waals surface area contributed by atoms with E-state index in [1.807, 2.05) is 32.0 Å². The fraction of sp³-hybridized carbons (Fsp3) is 0.438. The highest BCUT2D eigenvalue weighted by Crippen LogP contribution is 2.43. The van der Waals surface area contributed by atoms with Crippen LogP contribution in [0.4, 0.5) is 0 Å². The molecule has 8 heteroatoms. The molecule has 2 aliphatic heterocycles. The normalized spacial score (nSPS) is 19.6. The maximum atomic E-state index is 13.5. The average molecular weight is 549 g/mol. The average Bonchev–Trinajstić information content (AvgIpc) is 3.45. The molecule has 0 spiro atoms. The van der Waals surface area contributed by atoms with E-state index in [0.29, 0.717) is 55.2 Å². The number of benzene rings is 2. The SMILES string of the molecule is C=CCOc1ccc([C@@H]2C(=C(O)c3ccc4c(c3)C[C@H](C)O4)C(=O)C(=O)N2CCCN(CC)CC)cc1OCC. The van der Waals surface area contributed by atoms with E-state index in [1.165, 1.54) is 0 Å². The van der Waals surface area contributed by atoms with Crippen molar-refractivity contribution in [3.05, 3.63) is 71.3 Å². The van der Waals surface area contributed by atoms with Gasteiger partial charge in [0.05, 0.1) is 18.2 Å². The van der Waals surface area contributed by atoms with Crippen molar-refractivity contribution in [3.8, 4) is 17.2 Å². The van der Waals surface area contributed by atoms with Crippen LogP contribution in [0.15, 0.2) is 54.6 Å². The maximum absolute atomic E-state index is 13.5. The van der Waals surface area contributed by atoms with Gasteiger partial charge in [0.1, 0.15) is 24.2 Å². The number of ether oxygens (including phenoxy) is 3. The summed E-state index contributed by atoms with van der Waals surface area (Å²) in [4.78, 5) is 30.8. The van der Waals surface area contributed by atoms with Gasteiger partial charge in [0.25, 0.3) is 11.7 Å². The molecule has 0 radical (unpaired) electrons. The van der Waals surface area contributed by atoms with Crippen molar-refractivity contribution in [2.45, 2.75) is 52.7 Å². The highest BCUT2D eigenvalue weighted by molar-refractivity contribution is 6.46. The first kappa shape index (κ1) is 29.2. The lowest BCUT2D eigenvalue weighted by molar-refractivity contribution is -0.140. The number of carbonyl (C=O) groups is 2. The summed E-state index contributed by atoms with van der Waals surface area (Å²) >= 11 is 0. The van der Waals surface area contributed by atoms with Crippen LogP contribution in [0.5, 0.6) is 17.2 Å². The second-order valence-electron chi connectivity index (χ2n) is 10.1. The summed E-state index contributed by atoms with van der Waals surface area (Å²) in [5.41, 5.74) is 2.18. The molecule has 2 aliphatic rings. The molecule has 40 heavy (non-hydrogen) atoms. The Hall–Kier alpha value is -3.78. The number of likely N-dealkylation sites (tertiary alicyclic amines) is 1. The molecule has 214 valence electrons. The van der Waals surface area contributed by atoms with Crippen molar-refractivity contribution >= 4 is 17.4 Å². The summed E-state index contributed by atoms with van der Waals surface area (Å²) in [5, 5.41) is 11.6. The number of rotatable bonds is 13. The topological polar surface area (TPSA) is 88.5 Å². The van der Waals surface area contributed by atoms with E-state index in [-0.39, 0.29) is 17.4 Å². The van der Waals surface area contributed by atoms with Crippen LogP contribution in [-0.4, -0.2) is 72.1 Å². The molecule has 0 unspecified atom stereocenters. The zero-order valence-electron chi connectivity index (χ0n) is 23.9. The molecule has 0 aliphatic carbocycles. The van der Waals surface area contributed by atoms with Gasteiger partial charge in [-0.15, -0.1) is 0 Å². The molecule has 2 aromatic rings. The summed E-state index contributed by atoms with van der Waals surface area (Å²) < 4.78 is 17.4. The van der Waals surface area contributed by atoms with Gasteiger partial charge in [-0.25, -0.2) is 0 Å². The van der Waals surface area contributed by atoms with Gasteiger partial charge in [-0.05, 0) is 81.4 Å². The maximum Gasteiger partial charge on any atom is 0.295 e. The first-order valence-corrected chi connectivity index (χ1v) is 14.1. The lowest BCUT2D eigenvalue weighted by atomic mass is 9.94. The molecule has 1 saturated heterocycles. The molecule has 2 heterocycles. The smallest absolute Gasteiger partial charge is 0.295 e. The molecule has 0 bridgehead atoms. The Kier molecular flexibility index (Phi) is 9.53. The molecule has 0 aromatic heterocycles. The Morgan fingerprint density at radius 2 is 1.90 bits per heavy atom. The largest absolute Gasteiger partial charge is 0.507 e. The minimum absolute atomic E-state index is 0.0441. The zero-order chi connectivity index (χ0) is 28.8. The third-order valence-corrected chi connectivity index (χ3v) is 7.42. The van der Waals surface area contributed by atoms with Crippen molar-refractivity contribution in [3.63, 3.8) is 0 Å². The third kappa shape index (κ3) is 6.02. The quantitative estimate of drug-likeness (QED) is 0.161. The van der Waals surface area contributed by atoms with Crippen LogP contribution in [0.2, 0.25) is 0 Å². The second kappa shape index (κ2) is 13.0. The predicted octanol–water partition coefficient (Wildman–Crippen LogP) is 5.13. The molecule has 1 amide bonds. The second-order valence-corrected chi connectivity index (χ2v) is 10.1. The number of ketones is 1. The number of aliphatic hydroxyl groups is 1. The lowest BCUT2D eigenvalue weighted by Crippen LogP contribution is -2.33. The van der Waals surface area contributed by atoms with Gasteiger partial charge in [-0.1, -0.05) is 32.6 Å². The van der Waals surface area contributed by atoms with Crippen LogP contribution in [0.3, 0.4) is 0 Å². The van der Waals surface area contributed by atoms with E-state index in [1.54, 1.807) is 29.2 Å². The van der Waals surface area contributed by atoms with Crippen LogP contribution in [0.1, 0.15) is 56.8 Å².